The molecule has 1 aliphatic rings. The van der Waals surface area contributed by atoms with Crippen LogP contribution in [0.3, 0.4) is 0 Å². The number of hydrogen-bond donors (Lipinski definition) is 1. The van der Waals surface area contributed by atoms with Crippen molar-refractivity contribution >= 4 is 5.95 Å². The Balaban J connectivity index is 2.21. The lowest BCUT2D eigenvalue weighted by Crippen LogP contribution is -2.49. The van der Waals surface area contributed by atoms with Gasteiger partial charge in [-0.1, -0.05) is 0 Å². The van der Waals surface area contributed by atoms with Gasteiger partial charge in [-0.15, -0.1) is 0 Å². The molecule has 88 valence electrons. The number of nitrogens with zero attached hydrogens (tertiary/aromatic N) is 3. The van der Waals surface area contributed by atoms with Crippen LogP contribution in [0.1, 0.15) is 12.6 Å². The van der Waals surface area contributed by atoms with Crippen LogP contribution in [0.4, 0.5) is 5.95 Å². The van der Waals surface area contributed by atoms with Crippen molar-refractivity contribution in [2.45, 2.75) is 19.9 Å². The molecule has 5 heteroatoms. The van der Waals surface area contributed by atoms with Gasteiger partial charge in [0.25, 0.3) is 0 Å². The molecule has 1 aromatic rings. The molecule has 0 aliphatic carbocycles. The van der Waals surface area contributed by atoms with Crippen LogP contribution < -0.4 is 15.0 Å². The number of methoxy groups -OCH3 is 1. The highest BCUT2D eigenvalue weighted by Gasteiger charge is 2.18. The summed E-state index contributed by atoms with van der Waals surface area (Å²) in [6, 6.07) is 2.32. The smallest absolute Gasteiger partial charge is 0.228 e. The molecular formula is C11H18N4O. The summed E-state index contributed by atoms with van der Waals surface area (Å²) < 4.78 is 5.16. The van der Waals surface area contributed by atoms with Crippen LogP contribution in [0.5, 0.6) is 5.88 Å². The largest absolute Gasteiger partial charge is 0.481 e. The first kappa shape index (κ1) is 11.1. The van der Waals surface area contributed by atoms with E-state index in [1.54, 1.807) is 7.11 Å². The number of piperazine rings is 1. The maximum absolute atomic E-state index is 5.16. The molecule has 5 nitrogen and oxygen atoms in total. The molecule has 0 aromatic carbocycles. The van der Waals surface area contributed by atoms with Gasteiger partial charge in [-0.2, -0.15) is 4.98 Å². The third kappa shape index (κ3) is 2.41. The number of aryl methyl sites for hydroxylation is 1. The van der Waals surface area contributed by atoms with Gasteiger partial charge < -0.3 is 15.0 Å². The maximum atomic E-state index is 5.16. The lowest BCUT2D eigenvalue weighted by Gasteiger charge is -2.32. The zero-order valence-corrected chi connectivity index (χ0v) is 10.0. The molecule has 0 spiro atoms. The molecule has 0 saturated carbocycles. The topological polar surface area (TPSA) is 50.3 Å². The molecule has 16 heavy (non-hydrogen) atoms. The van der Waals surface area contributed by atoms with Crippen LogP contribution in [-0.4, -0.2) is 42.8 Å². The fraction of sp³-hybridized carbons (Fsp3) is 0.636. The Morgan fingerprint density at radius 3 is 3.00 bits per heavy atom. The van der Waals surface area contributed by atoms with E-state index in [-0.39, 0.29) is 0 Å². The SMILES string of the molecule is COc1cc(C)nc(N2CCNC(C)C2)n1. The second-order valence-electron chi connectivity index (χ2n) is 4.15. The number of ether oxygens (including phenoxy) is 1. The van der Waals surface area contributed by atoms with Gasteiger partial charge in [0.05, 0.1) is 7.11 Å². The molecule has 1 unspecified atom stereocenters. The fourth-order valence-corrected chi connectivity index (χ4v) is 1.88. The minimum Gasteiger partial charge on any atom is -0.481 e. The van der Waals surface area contributed by atoms with Gasteiger partial charge in [0.1, 0.15) is 0 Å². The van der Waals surface area contributed by atoms with Gasteiger partial charge >= 0.3 is 0 Å². The molecule has 2 heterocycles. The molecule has 1 aliphatic heterocycles. The summed E-state index contributed by atoms with van der Waals surface area (Å²) >= 11 is 0. The van der Waals surface area contributed by atoms with E-state index in [1.165, 1.54) is 0 Å². The Hall–Kier alpha value is -1.36. The molecule has 2 rings (SSSR count). The van der Waals surface area contributed by atoms with E-state index >= 15 is 0 Å². The Bertz CT molecular complexity index is 369. The van der Waals surface area contributed by atoms with Gasteiger partial charge in [0.2, 0.25) is 11.8 Å². The van der Waals surface area contributed by atoms with E-state index in [2.05, 4.69) is 27.1 Å². The van der Waals surface area contributed by atoms with Crippen molar-refractivity contribution in [3.8, 4) is 5.88 Å². The zero-order valence-electron chi connectivity index (χ0n) is 10.0. The van der Waals surface area contributed by atoms with Crippen molar-refractivity contribution in [3.63, 3.8) is 0 Å². The number of rotatable bonds is 2. The van der Waals surface area contributed by atoms with Crippen LogP contribution in [0.25, 0.3) is 0 Å². The monoisotopic (exact) mass is 222 g/mol. The minimum atomic E-state index is 0.476. The highest BCUT2D eigenvalue weighted by molar-refractivity contribution is 5.35. The maximum Gasteiger partial charge on any atom is 0.228 e. The average molecular weight is 222 g/mol. The third-order valence-electron chi connectivity index (χ3n) is 2.68. The predicted octanol–water partition coefficient (Wildman–Crippen LogP) is 0.592. The van der Waals surface area contributed by atoms with Crippen molar-refractivity contribution in [3.05, 3.63) is 11.8 Å². The van der Waals surface area contributed by atoms with E-state index in [9.17, 15) is 0 Å². The number of aromatic nitrogens is 2. The van der Waals surface area contributed by atoms with E-state index in [4.69, 9.17) is 4.74 Å². The summed E-state index contributed by atoms with van der Waals surface area (Å²) in [6.07, 6.45) is 0. The Morgan fingerprint density at radius 1 is 1.50 bits per heavy atom. The molecule has 1 N–H and O–H groups in total. The molecule has 1 saturated heterocycles. The standard InChI is InChI=1S/C11H18N4O/c1-8-6-10(16-3)14-11(13-8)15-5-4-12-9(2)7-15/h6,9,12H,4-5,7H2,1-3H3. The van der Waals surface area contributed by atoms with Crippen molar-refractivity contribution in [1.29, 1.82) is 0 Å². The molecule has 1 fully saturated rings. The quantitative estimate of drug-likeness (QED) is 0.793. The summed E-state index contributed by atoms with van der Waals surface area (Å²) in [7, 11) is 1.63. The highest BCUT2D eigenvalue weighted by atomic mass is 16.5. The molecule has 0 bridgehead atoms. The van der Waals surface area contributed by atoms with Crippen LogP contribution in [-0.2, 0) is 0 Å². The van der Waals surface area contributed by atoms with Crippen LogP contribution in [0.15, 0.2) is 6.07 Å². The molecular weight excluding hydrogens is 204 g/mol. The first-order valence-corrected chi connectivity index (χ1v) is 5.57. The molecule has 0 amide bonds. The van der Waals surface area contributed by atoms with Gasteiger partial charge in [-0.3, -0.25) is 0 Å². The molecule has 1 aromatic heterocycles. The normalized spacial score (nSPS) is 20.9. The highest BCUT2D eigenvalue weighted by Crippen LogP contribution is 2.16. The van der Waals surface area contributed by atoms with Crippen LogP contribution in [0.2, 0.25) is 0 Å². The van der Waals surface area contributed by atoms with Crippen molar-refractivity contribution in [2.75, 3.05) is 31.6 Å². The van der Waals surface area contributed by atoms with Crippen molar-refractivity contribution < 1.29 is 4.74 Å². The summed E-state index contributed by atoms with van der Waals surface area (Å²) in [5.41, 5.74) is 0.938. The van der Waals surface area contributed by atoms with E-state index < -0.39 is 0 Å². The number of hydrogen-bond acceptors (Lipinski definition) is 5. The van der Waals surface area contributed by atoms with Crippen LogP contribution in [0, 0.1) is 6.92 Å². The first-order valence-electron chi connectivity index (χ1n) is 5.57. The second kappa shape index (κ2) is 4.65. The second-order valence-corrected chi connectivity index (χ2v) is 4.15. The van der Waals surface area contributed by atoms with E-state index in [0.29, 0.717) is 11.9 Å². The summed E-state index contributed by atoms with van der Waals surface area (Å²) in [5, 5.41) is 3.40. The van der Waals surface area contributed by atoms with Crippen molar-refractivity contribution in [1.82, 2.24) is 15.3 Å². The van der Waals surface area contributed by atoms with Gasteiger partial charge in [-0.25, -0.2) is 4.98 Å². The zero-order chi connectivity index (χ0) is 11.5. The fourth-order valence-electron chi connectivity index (χ4n) is 1.88. The Labute approximate surface area is 95.8 Å². The lowest BCUT2D eigenvalue weighted by molar-refractivity contribution is 0.394. The van der Waals surface area contributed by atoms with Crippen LogP contribution >= 0.6 is 0 Å². The van der Waals surface area contributed by atoms with E-state index in [1.807, 2.05) is 13.0 Å². The molecule has 0 radical (unpaired) electrons. The summed E-state index contributed by atoms with van der Waals surface area (Å²) in [5.74, 6) is 1.40. The van der Waals surface area contributed by atoms with Gasteiger partial charge in [-0.05, 0) is 13.8 Å². The van der Waals surface area contributed by atoms with Gasteiger partial charge in [0, 0.05) is 37.4 Å². The average Bonchev–Trinajstić information content (AvgIpc) is 2.28. The Morgan fingerprint density at radius 2 is 2.31 bits per heavy atom. The van der Waals surface area contributed by atoms with Gasteiger partial charge in [0.15, 0.2) is 0 Å². The predicted molar refractivity (Wildman–Crippen MR) is 63.0 cm³/mol. The Kier molecular flexibility index (Phi) is 3.24. The lowest BCUT2D eigenvalue weighted by atomic mass is 10.2. The summed E-state index contributed by atoms with van der Waals surface area (Å²) in [6.45, 7) is 6.98. The summed E-state index contributed by atoms with van der Waals surface area (Å²) in [4.78, 5) is 11.0. The third-order valence-corrected chi connectivity index (χ3v) is 2.68. The van der Waals surface area contributed by atoms with E-state index in [0.717, 1.165) is 31.3 Å². The minimum absolute atomic E-state index is 0.476. The van der Waals surface area contributed by atoms with Crippen molar-refractivity contribution in [2.24, 2.45) is 0 Å². The molecule has 1 atom stereocenters. The number of nitrogens with one attached hydrogen (secondary N) is 1. The number of anilines is 1. The first-order chi connectivity index (χ1) is 7.69.